The van der Waals surface area contributed by atoms with E-state index in [-0.39, 0.29) is 23.1 Å². The Balaban J connectivity index is 2.29. The van der Waals surface area contributed by atoms with E-state index in [0.717, 1.165) is 4.88 Å². The average molecular weight is 366 g/mol. The molecule has 0 bridgehead atoms. The Kier molecular flexibility index (Phi) is 5.29. The van der Waals surface area contributed by atoms with E-state index in [4.69, 9.17) is 23.2 Å². The van der Waals surface area contributed by atoms with Gasteiger partial charge in [-0.05, 0) is 42.3 Å². The summed E-state index contributed by atoms with van der Waals surface area (Å²) in [4.78, 5) is 0.882. The van der Waals surface area contributed by atoms with Gasteiger partial charge in [0.1, 0.15) is 0 Å². The fourth-order valence-corrected chi connectivity index (χ4v) is 4.58. The van der Waals surface area contributed by atoms with Crippen LogP contribution in [0.2, 0.25) is 9.36 Å². The van der Waals surface area contributed by atoms with E-state index in [1.807, 2.05) is 0 Å². The van der Waals surface area contributed by atoms with Crippen LogP contribution in [-0.2, 0) is 23.2 Å². The van der Waals surface area contributed by atoms with Crippen LogP contribution in [0.4, 0.5) is 0 Å². The number of aliphatic hydroxyl groups is 1. The zero-order chi connectivity index (χ0) is 15.6. The normalized spacial score (nSPS) is 11.8. The van der Waals surface area contributed by atoms with E-state index in [9.17, 15) is 13.5 Å². The lowest BCUT2D eigenvalue weighted by molar-refractivity contribution is 0.280. The maximum atomic E-state index is 12.4. The van der Waals surface area contributed by atoms with Crippen molar-refractivity contribution >= 4 is 44.6 Å². The summed E-state index contributed by atoms with van der Waals surface area (Å²) in [5.41, 5.74) is 0.973. The van der Waals surface area contributed by atoms with Crippen molar-refractivity contribution in [2.45, 2.75) is 25.0 Å². The second kappa shape index (κ2) is 6.64. The molecular formula is C13H13Cl2NO3S2. The van der Waals surface area contributed by atoms with E-state index in [2.05, 4.69) is 4.72 Å². The molecule has 0 amide bonds. The highest BCUT2D eigenvalue weighted by atomic mass is 35.5. The molecule has 1 heterocycles. The van der Waals surface area contributed by atoms with Crippen LogP contribution in [0, 0.1) is 6.92 Å². The number of hydrogen-bond donors (Lipinski definition) is 2. The van der Waals surface area contributed by atoms with Gasteiger partial charge in [0.15, 0.2) is 0 Å². The Labute approximate surface area is 137 Å². The van der Waals surface area contributed by atoms with Crippen molar-refractivity contribution in [2.75, 3.05) is 0 Å². The Morgan fingerprint density at radius 1 is 1.29 bits per heavy atom. The lowest BCUT2D eigenvalue weighted by Gasteiger charge is -2.12. The molecule has 0 unspecified atom stereocenters. The Hall–Kier alpha value is -0.630. The number of sulfonamides is 1. The van der Waals surface area contributed by atoms with Crippen LogP contribution in [-0.4, -0.2) is 13.5 Å². The zero-order valence-electron chi connectivity index (χ0n) is 11.1. The molecule has 0 radical (unpaired) electrons. The largest absolute Gasteiger partial charge is 0.392 e. The number of nitrogens with one attached hydrogen (secondary N) is 1. The topological polar surface area (TPSA) is 66.4 Å². The zero-order valence-corrected chi connectivity index (χ0v) is 14.2. The SMILES string of the molecule is Cc1c(CO)cc(Cl)cc1S(=O)(=O)NCc1ccc(Cl)s1. The van der Waals surface area contributed by atoms with Gasteiger partial charge in [-0.3, -0.25) is 0 Å². The first-order chi connectivity index (χ1) is 9.83. The maximum Gasteiger partial charge on any atom is 0.241 e. The van der Waals surface area contributed by atoms with Gasteiger partial charge < -0.3 is 5.11 Å². The molecule has 1 aromatic carbocycles. The number of halogens is 2. The third-order valence-electron chi connectivity index (χ3n) is 2.96. The first-order valence-corrected chi connectivity index (χ1v) is 9.03. The number of rotatable bonds is 5. The van der Waals surface area contributed by atoms with Crippen molar-refractivity contribution < 1.29 is 13.5 Å². The second-order valence-corrected chi connectivity index (χ2v) is 8.35. The van der Waals surface area contributed by atoms with Gasteiger partial charge >= 0.3 is 0 Å². The van der Waals surface area contributed by atoms with Gasteiger partial charge in [0.05, 0.1) is 15.8 Å². The van der Waals surface area contributed by atoms with E-state index in [1.165, 1.54) is 17.4 Å². The van der Waals surface area contributed by atoms with Crippen LogP contribution in [0.15, 0.2) is 29.2 Å². The van der Waals surface area contributed by atoms with Gasteiger partial charge in [-0.1, -0.05) is 23.2 Å². The third-order valence-corrected chi connectivity index (χ3v) is 5.93. The molecule has 0 fully saturated rings. The van der Waals surface area contributed by atoms with E-state index < -0.39 is 10.0 Å². The minimum absolute atomic E-state index is 0.0710. The lowest BCUT2D eigenvalue weighted by Crippen LogP contribution is -2.24. The summed E-state index contributed by atoms with van der Waals surface area (Å²) in [5, 5.41) is 9.52. The first kappa shape index (κ1) is 16.7. The molecule has 2 rings (SSSR count). The van der Waals surface area contributed by atoms with Crippen molar-refractivity contribution in [3.63, 3.8) is 0 Å². The highest BCUT2D eigenvalue weighted by Crippen LogP contribution is 2.25. The molecule has 1 aromatic heterocycles. The van der Waals surface area contributed by atoms with Gasteiger partial charge in [0.2, 0.25) is 10.0 Å². The van der Waals surface area contributed by atoms with Gasteiger partial charge in [-0.2, -0.15) is 0 Å². The molecule has 21 heavy (non-hydrogen) atoms. The Morgan fingerprint density at radius 2 is 2.00 bits per heavy atom. The van der Waals surface area contributed by atoms with Crippen LogP contribution in [0.25, 0.3) is 0 Å². The molecule has 0 saturated carbocycles. The summed E-state index contributed by atoms with van der Waals surface area (Å²) in [5.74, 6) is 0. The van der Waals surface area contributed by atoms with Gasteiger partial charge in [0, 0.05) is 16.4 Å². The summed E-state index contributed by atoms with van der Waals surface area (Å²) >= 11 is 13.0. The molecule has 0 saturated heterocycles. The molecular weight excluding hydrogens is 353 g/mol. The van der Waals surface area contributed by atoms with E-state index >= 15 is 0 Å². The molecule has 2 aromatic rings. The minimum atomic E-state index is -3.72. The number of hydrogen-bond acceptors (Lipinski definition) is 4. The molecule has 0 aliphatic heterocycles. The van der Waals surface area contributed by atoms with Crippen LogP contribution in [0.5, 0.6) is 0 Å². The highest BCUT2D eigenvalue weighted by Gasteiger charge is 2.19. The predicted molar refractivity (Wildman–Crippen MR) is 85.5 cm³/mol. The molecule has 4 nitrogen and oxygen atoms in total. The summed E-state index contributed by atoms with van der Waals surface area (Å²) in [6.07, 6.45) is 0. The lowest BCUT2D eigenvalue weighted by atomic mass is 10.1. The Bertz CT molecular complexity index is 757. The summed E-state index contributed by atoms with van der Waals surface area (Å²) in [6.45, 7) is 1.52. The standard InChI is InChI=1S/C13H13Cl2NO3S2/c1-8-9(7-17)4-10(14)5-12(8)21(18,19)16-6-11-2-3-13(15)20-11/h2-5,16-17H,6-7H2,1H3. The third kappa shape index (κ3) is 3.97. The minimum Gasteiger partial charge on any atom is -0.392 e. The quantitative estimate of drug-likeness (QED) is 0.853. The molecule has 0 spiro atoms. The first-order valence-electron chi connectivity index (χ1n) is 5.97. The van der Waals surface area contributed by atoms with E-state index in [0.29, 0.717) is 15.5 Å². The average Bonchev–Trinajstić information content (AvgIpc) is 2.84. The van der Waals surface area contributed by atoms with Gasteiger partial charge in [-0.15, -0.1) is 11.3 Å². The van der Waals surface area contributed by atoms with Crippen molar-refractivity contribution in [3.05, 3.63) is 49.6 Å². The van der Waals surface area contributed by atoms with Gasteiger partial charge in [-0.25, -0.2) is 13.1 Å². The fourth-order valence-electron chi connectivity index (χ4n) is 1.84. The van der Waals surface area contributed by atoms with Crippen LogP contribution < -0.4 is 4.72 Å². The van der Waals surface area contributed by atoms with E-state index in [1.54, 1.807) is 25.1 Å². The second-order valence-electron chi connectivity index (χ2n) is 4.38. The number of benzene rings is 1. The van der Waals surface area contributed by atoms with Crippen molar-refractivity contribution in [1.82, 2.24) is 4.72 Å². The summed E-state index contributed by atoms with van der Waals surface area (Å²) in [7, 11) is -3.72. The van der Waals surface area contributed by atoms with Crippen molar-refractivity contribution in [3.8, 4) is 0 Å². The summed E-state index contributed by atoms with van der Waals surface area (Å²) in [6, 6.07) is 6.40. The molecule has 0 aliphatic carbocycles. The number of aliphatic hydroxyl groups excluding tert-OH is 1. The fraction of sp³-hybridized carbons (Fsp3) is 0.231. The molecule has 8 heteroatoms. The molecule has 2 N–H and O–H groups in total. The molecule has 0 aliphatic rings. The van der Waals surface area contributed by atoms with Gasteiger partial charge in [0.25, 0.3) is 0 Å². The predicted octanol–water partition coefficient (Wildman–Crippen LogP) is 3.33. The van der Waals surface area contributed by atoms with Crippen LogP contribution in [0.3, 0.4) is 0 Å². The summed E-state index contributed by atoms with van der Waals surface area (Å²) < 4.78 is 27.9. The molecule has 114 valence electrons. The number of thiophene rings is 1. The van der Waals surface area contributed by atoms with Crippen LogP contribution >= 0.6 is 34.5 Å². The maximum absolute atomic E-state index is 12.4. The smallest absolute Gasteiger partial charge is 0.241 e. The van der Waals surface area contributed by atoms with Crippen molar-refractivity contribution in [1.29, 1.82) is 0 Å². The monoisotopic (exact) mass is 365 g/mol. The van der Waals surface area contributed by atoms with Crippen molar-refractivity contribution in [2.24, 2.45) is 0 Å². The Morgan fingerprint density at radius 3 is 2.57 bits per heavy atom. The highest BCUT2D eigenvalue weighted by molar-refractivity contribution is 7.89. The van der Waals surface area contributed by atoms with Crippen LogP contribution in [0.1, 0.15) is 16.0 Å². The molecule has 0 atom stereocenters.